The van der Waals surface area contributed by atoms with Crippen molar-refractivity contribution in [3.05, 3.63) is 95.0 Å². The summed E-state index contributed by atoms with van der Waals surface area (Å²) in [7, 11) is -3.80. The number of carboxylic acid groups (broad SMARTS) is 1. The molecule has 0 unspecified atom stereocenters. The van der Waals surface area contributed by atoms with Crippen LogP contribution in [0.1, 0.15) is 24.0 Å². The van der Waals surface area contributed by atoms with E-state index in [0.717, 1.165) is 5.56 Å². The molecule has 3 aromatic carbocycles. The van der Waals surface area contributed by atoms with Gasteiger partial charge in [0.05, 0.1) is 11.3 Å². The number of carbonyl (C=O) groups excluding carboxylic acids is 1. The van der Waals surface area contributed by atoms with E-state index in [-0.39, 0.29) is 37.2 Å². The number of piperidine rings is 1. The fourth-order valence-corrected chi connectivity index (χ4v) is 5.76. The van der Waals surface area contributed by atoms with E-state index in [1.807, 2.05) is 30.3 Å². The molecule has 0 spiro atoms. The summed E-state index contributed by atoms with van der Waals surface area (Å²) in [5.41, 5.74) is 0.201. The van der Waals surface area contributed by atoms with Crippen LogP contribution in [0.2, 0.25) is 5.02 Å². The zero-order valence-electron chi connectivity index (χ0n) is 20.0. The van der Waals surface area contributed by atoms with Crippen molar-refractivity contribution in [2.45, 2.75) is 36.3 Å². The van der Waals surface area contributed by atoms with E-state index < -0.39 is 27.4 Å². The highest BCUT2D eigenvalue weighted by atomic mass is 35.5. The van der Waals surface area contributed by atoms with Crippen LogP contribution in [0, 0.1) is 0 Å². The molecule has 37 heavy (non-hydrogen) atoms. The summed E-state index contributed by atoms with van der Waals surface area (Å²) in [6.07, 6.45) is -0.110. The van der Waals surface area contributed by atoms with Gasteiger partial charge >= 0.3 is 5.97 Å². The highest BCUT2D eigenvalue weighted by Gasteiger charge is 2.45. The number of rotatable bonds is 9. The molecule has 0 saturated carbocycles. The maximum Gasteiger partial charge on any atom is 0.329 e. The van der Waals surface area contributed by atoms with Crippen LogP contribution in [0.15, 0.2) is 83.8 Å². The number of hydrogen-bond donors (Lipinski definition) is 2. The molecule has 1 fully saturated rings. The van der Waals surface area contributed by atoms with Crippen LogP contribution in [0.4, 0.5) is 0 Å². The number of carbonyl (C=O) groups is 2. The molecule has 1 heterocycles. The van der Waals surface area contributed by atoms with Crippen molar-refractivity contribution in [3.63, 3.8) is 0 Å². The van der Waals surface area contributed by atoms with Gasteiger partial charge in [0.1, 0.15) is 17.9 Å². The van der Waals surface area contributed by atoms with Gasteiger partial charge in [0.25, 0.3) is 0 Å². The van der Waals surface area contributed by atoms with Crippen molar-refractivity contribution in [2.24, 2.45) is 0 Å². The molecule has 10 heteroatoms. The predicted octanol–water partition coefficient (Wildman–Crippen LogP) is 3.89. The SMILES string of the molecule is O=C(Cc1ccc(OCc2ccccc2)cc1)NC1(C(=O)O)CCN(S(=O)(=O)c2ccc(Cl)cc2)CC1. The fourth-order valence-electron chi connectivity index (χ4n) is 4.20. The van der Waals surface area contributed by atoms with E-state index >= 15 is 0 Å². The van der Waals surface area contributed by atoms with Gasteiger partial charge in [-0.3, -0.25) is 4.79 Å². The second kappa shape index (κ2) is 11.3. The largest absolute Gasteiger partial charge is 0.489 e. The topological polar surface area (TPSA) is 113 Å². The molecule has 1 saturated heterocycles. The number of ether oxygens (including phenoxy) is 1. The van der Waals surface area contributed by atoms with Crippen LogP contribution in [-0.4, -0.2) is 48.3 Å². The summed E-state index contributed by atoms with van der Waals surface area (Å²) in [4.78, 5) is 25.0. The fraction of sp³-hybridized carbons (Fsp3) is 0.259. The average Bonchev–Trinajstić information content (AvgIpc) is 2.89. The Morgan fingerprint density at radius 1 is 0.919 bits per heavy atom. The Morgan fingerprint density at radius 3 is 2.14 bits per heavy atom. The maximum atomic E-state index is 12.9. The van der Waals surface area contributed by atoms with Crippen LogP contribution < -0.4 is 10.1 Å². The monoisotopic (exact) mass is 542 g/mol. The normalized spacial score (nSPS) is 15.6. The van der Waals surface area contributed by atoms with Crippen LogP contribution in [0.25, 0.3) is 0 Å². The molecule has 1 amide bonds. The van der Waals surface area contributed by atoms with Gasteiger partial charge in [-0.2, -0.15) is 4.31 Å². The molecular formula is C27H27ClN2O6S. The van der Waals surface area contributed by atoms with Crippen molar-refractivity contribution < 1.29 is 27.9 Å². The lowest BCUT2D eigenvalue weighted by atomic mass is 9.88. The molecule has 1 aliphatic heterocycles. The lowest BCUT2D eigenvalue weighted by Crippen LogP contribution is -2.60. The number of nitrogens with one attached hydrogen (secondary N) is 1. The van der Waals surface area contributed by atoms with E-state index in [4.69, 9.17) is 16.3 Å². The van der Waals surface area contributed by atoms with E-state index in [9.17, 15) is 23.1 Å². The molecule has 3 aromatic rings. The number of benzene rings is 3. The Hall–Kier alpha value is -3.40. The summed E-state index contributed by atoms with van der Waals surface area (Å²) in [5.74, 6) is -0.979. The van der Waals surface area contributed by atoms with E-state index in [1.54, 1.807) is 24.3 Å². The van der Waals surface area contributed by atoms with Gasteiger partial charge in [-0.25, -0.2) is 13.2 Å². The van der Waals surface area contributed by atoms with Gasteiger partial charge in [0.2, 0.25) is 15.9 Å². The minimum absolute atomic E-state index is 0.0131. The molecule has 8 nitrogen and oxygen atoms in total. The third-order valence-electron chi connectivity index (χ3n) is 6.35. The Kier molecular flexibility index (Phi) is 8.16. The first-order valence-electron chi connectivity index (χ1n) is 11.7. The minimum atomic E-state index is -3.80. The van der Waals surface area contributed by atoms with Gasteiger partial charge in [-0.1, -0.05) is 54.1 Å². The highest BCUT2D eigenvalue weighted by molar-refractivity contribution is 7.89. The molecular weight excluding hydrogens is 516 g/mol. The summed E-state index contributed by atoms with van der Waals surface area (Å²) in [6, 6.07) is 22.6. The molecule has 0 bridgehead atoms. The van der Waals surface area contributed by atoms with Gasteiger partial charge < -0.3 is 15.2 Å². The number of halogens is 1. The zero-order valence-corrected chi connectivity index (χ0v) is 21.5. The predicted molar refractivity (Wildman–Crippen MR) is 139 cm³/mol. The van der Waals surface area contributed by atoms with Crippen LogP contribution >= 0.6 is 11.6 Å². The summed E-state index contributed by atoms with van der Waals surface area (Å²) in [6.45, 7) is 0.350. The van der Waals surface area contributed by atoms with Crippen LogP contribution in [-0.2, 0) is 32.6 Å². The van der Waals surface area contributed by atoms with Gasteiger partial charge in [0.15, 0.2) is 0 Å². The number of carboxylic acids is 1. The zero-order chi connectivity index (χ0) is 26.5. The standard InChI is InChI=1S/C27H27ClN2O6S/c28-22-8-12-24(13-9-22)37(34,35)30-16-14-27(15-17-30,26(32)33)29-25(31)18-20-6-10-23(11-7-20)36-19-21-4-2-1-3-5-21/h1-13H,14-19H2,(H,29,31)(H,32,33). The Balaban J connectivity index is 1.34. The number of amides is 1. The lowest BCUT2D eigenvalue weighted by molar-refractivity contribution is -0.149. The Labute approximate surface area is 220 Å². The summed E-state index contributed by atoms with van der Waals surface area (Å²) < 4.78 is 32.9. The van der Waals surface area contributed by atoms with E-state index in [2.05, 4.69) is 5.32 Å². The van der Waals surface area contributed by atoms with Crippen molar-refractivity contribution in [1.82, 2.24) is 9.62 Å². The average molecular weight is 543 g/mol. The summed E-state index contributed by atoms with van der Waals surface area (Å²) >= 11 is 5.85. The first kappa shape index (κ1) is 26.7. The maximum absolute atomic E-state index is 12.9. The first-order valence-corrected chi connectivity index (χ1v) is 13.6. The molecule has 2 N–H and O–H groups in total. The lowest BCUT2D eigenvalue weighted by Gasteiger charge is -2.38. The van der Waals surface area contributed by atoms with Gasteiger partial charge in [-0.15, -0.1) is 0 Å². The van der Waals surface area contributed by atoms with E-state index in [0.29, 0.717) is 22.9 Å². The van der Waals surface area contributed by atoms with Crippen LogP contribution in [0.5, 0.6) is 5.75 Å². The molecule has 0 radical (unpaired) electrons. The molecule has 0 aliphatic carbocycles. The minimum Gasteiger partial charge on any atom is -0.489 e. The highest BCUT2D eigenvalue weighted by Crippen LogP contribution is 2.28. The third kappa shape index (κ3) is 6.49. The van der Waals surface area contributed by atoms with Gasteiger partial charge in [0, 0.05) is 18.1 Å². The second-order valence-corrected chi connectivity index (χ2v) is 11.3. The Bertz CT molecular complexity index is 1340. The summed E-state index contributed by atoms with van der Waals surface area (Å²) in [5, 5.41) is 13.0. The molecule has 1 aliphatic rings. The number of hydrogen-bond acceptors (Lipinski definition) is 5. The first-order chi connectivity index (χ1) is 17.7. The van der Waals surface area contributed by atoms with E-state index in [1.165, 1.54) is 28.6 Å². The smallest absolute Gasteiger partial charge is 0.329 e. The van der Waals surface area contributed by atoms with Gasteiger partial charge in [-0.05, 0) is 60.4 Å². The molecule has 0 aromatic heterocycles. The molecule has 0 atom stereocenters. The van der Waals surface area contributed by atoms with Crippen molar-refractivity contribution in [2.75, 3.05) is 13.1 Å². The molecule has 194 valence electrons. The van der Waals surface area contributed by atoms with Crippen LogP contribution in [0.3, 0.4) is 0 Å². The number of nitrogens with zero attached hydrogens (tertiary/aromatic N) is 1. The number of aliphatic carboxylic acids is 1. The third-order valence-corrected chi connectivity index (χ3v) is 8.52. The molecule has 4 rings (SSSR count). The van der Waals surface area contributed by atoms with Crippen molar-refractivity contribution in [1.29, 1.82) is 0 Å². The van der Waals surface area contributed by atoms with Crippen molar-refractivity contribution in [3.8, 4) is 5.75 Å². The second-order valence-electron chi connectivity index (χ2n) is 8.89. The van der Waals surface area contributed by atoms with Crippen molar-refractivity contribution >= 4 is 33.5 Å². The number of sulfonamides is 1. The quantitative estimate of drug-likeness (QED) is 0.424. The Morgan fingerprint density at radius 2 is 1.54 bits per heavy atom.